The average molecular weight is 395 g/mol. The summed E-state index contributed by atoms with van der Waals surface area (Å²) in [4.78, 5) is 35.4. The molecule has 150 valence electrons. The van der Waals surface area contributed by atoms with Gasteiger partial charge >= 0.3 is 11.6 Å². The third-order valence-corrected chi connectivity index (χ3v) is 4.04. The highest BCUT2D eigenvalue weighted by atomic mass is 16.5. The van der Waals surface area contributed by atoms with E-state index in [0.717, 1.165) is 10.9 Å². The van der Waals surface area contributed by atoms with Gasteiger partial charge in [-0.15, -0.1) is 0 Å². The first kappa shape index (κ1) is 20.1. The molecule has 1 N–H and O–H groups in total. The van der Waals surface area contributed by atoms with Crippen LogP contribution in [0.25, 0.3) is 11.0 Å². The molecule has 1 amide bonds. The summed E-state index contributed by atoms with van der Waals surface area (Å²) in [6.45, 7) is 5.15. The molecule has 7 heteroatoms. The Balaban J connectivity index is 1.59. The molecule has 29 heavy (non-hydrogen) atoms. The first-order valence-electron chi connectivity index (χ1n) is 9.10. The van der Waals surface area contributed by atoms with Crippen LogP contribution < -0.4 is 15.7 Å². The van der Waals surface area contributed by atoms with Gasteiger partial charge in [0.05, 0.1) is 11.7 Å². The van der Waals surface area contributed by atoms with Crippen LogP contribution >= 0.6 is 0 Å². The molecule has 1 aromatic heterocycles. The number of rotatable bonds is 6. The van der Waals surface area contributed by atoms with Crippen LogP contribution in [0.4, 0.5) is 5.69 Å². The van der Waals surface area contributed by atoms with Crippen molar-refractivity contribution in [3.8, 4) is 5.75 Å². The van der Waals surface area contributed by atoms with Crippen molar-refractivity contribution in [2.24, 2.45) is 0 Å². The van der Waals surface area contributed by atoms with E-state index < -0.39 is 11.6 Å². The highest BCUT2D eigenvalue weighted by Gasteiger charge is 2.10. The van der Waals surface area contributed by atoms with Crippen LogP contribution in [0.2, 0.25) is 0 Å². The SMILES string of the molecule is Cc1cc(=O)oc2cc(OCC(=O)Nc3ccc(C(=O)OC(C)C)cc3)ccc12. The number of aryl methyl sites for hydroxylation is 1. The van der Waals surface area contributed by atoms with Crippen molar-refractivity contribution in [3.63, 3.8) is 0 Å². The fraction of sp³-hybridized carbons (Fsp3) is 0.227. The van der Waals surface area contributed by atoms with Gasteiger partial charge in [0.2, 0.25) is 0 Å². The molecule has 7 nitrogen and oxygen atoms in total. The van der Waals surface area contributed by atoms with Crippen molar-refractivity contribution in [1.82, 2.24) is 0 Å². The van der Waals surface area contributed by atoms with E-state index in [1.165, 1.54) is 6.07 Å². The Kier molecular flexibility index (Phi) is 5.97. The number of esters is 1. The van der Waals surface area contributed by atoms with Crippen LogP contribution in [0.3, 0.4) is 0 Å². The fourth-order valence-corrected chi connectivity index (χ4v) is 2.71. The van der Waals surface area contributed by atoms with Gasteiger partial charge in [0.15, 0.2) is 6.61 Å². The smallest absolute Gasteiger partial charge is 0.338 e. The first-order valence-corrected chi connectivity index (χ1v) is 9.10. The van der Waals surface area contributed by atoms with Crippen LogP contribution in [-0.4, -0.2) is 24.6 Å². The van der Waals surface area contributed by atoms with Crippen LogP contribution in [-0.2, 0) is 9.53 Å². The molecule has 0 saturated heterocycles. The number of amides is 1. The lowest BCUT2D eigenvalue weighted by Gasteiger charge is -2.10. The third kappa shape index (κ3) is 5.22. The van der Waals surface area contributed by atoms with E-state index in [1.54, 1.807) is 56.3 Å². The summed E-state index contributed by atoms with van der Waals surface area (Å²) in [6.07, 6.45) is -0.203. The topological polar surface area (TPSA) is 94.8 Å². The number of hydrogen-bond donors (Lipinski definition) is 1. The molecular formula is C22H21NO6. The molecule has 0 aliphatic heterocycles. The molecule has 2 aromatic carbocycles. The van der Waals surface area contributed by atoms with Gasteiger partial charge in [-0.2, -0.15) is 0 Å². The lowest BCUT2D eigenvalue weighted by Crippen LogP contribution is -2.20. The van der Waals surface area contributed by atoms with E-state index in [1.807, 2.05) is 6.92 Å². The maximum Gasteiger partial charge on any atom is 0.338 e. The number of carbonyl (C=O) groups is 2. The van der Waals surface area contributed by atoms with E-state index in [0.29, 0.717) is 22.6 Å². The second kappa shape index (κ2) is 8.60. The van der Waals surface area contributed by atoms with Gasteiger partial charge in [0.1, 0.15) is 11.3 Å². The minimum atomic E-state index is -0.439. The monoisotopic (exact) mass is 395 g/mol. The standard InChI is InChI=1S/C22H21NO6/c1-13(2)28-22(26)15-4-6-16(7-5-15)23-20(24)12-27-17-8-9-18-14(3)10-21(25)29-19(18)11-17/h4-11,13H,12H2,1-3H3,(H,23,24). The largest absolute Gasteiger partial charge is 0.484 e. The Morgan fingerprint density at radius 2 is 1.79 bits per heavy atom. The molecule has 0 fully saturated rings. The van der Waals surface area contributed by atoms with Crippen LogP contribution in [0.15, 0.2) is 57.7 Å². The van der Waals surface area contributed by atoms with Crippen molar-refractivity contribution in [2.45, 2.75) is 26.9 Å². The van der Waals surface area contributed by atoms with Gasteiger partial charge in [0.25, 0.3) is 5.91 Å². The van der Waals surface area contributed by atoms with Crippen molar-refractivity contribution in [2.75, 3.05) is 11.9 Å². The summed E-state index contributed by atoms with van der Waals surface area (Å²) >= 11 is 0. The second-order valence-corrected chi connectivity index (χ2v) is 6.77. The summed E-state index contributed by atoms with van der Waals surface area (Å²) in [6, 6.07) is 12.9. The van der Waals surface area contributed by atoms with E-state index >= 15 is 0 Å². The summed E-state index contributed by atoms with van der Waals surface area (Å²) < 4.78 is 15.8. The lowest BCUT2D eigenvalue weighted by atomic mass is 10.1. The van der Waals surface area contributed by atoms with Crippen LogP contribution in [0, 0.1) is 6.92 Å². The first-order chi connectivity index (χ1) is 13.8. The van der Waals surface area contributed by atoms with Gasteiger partial charge in [0, 0.05) is 23.2 Å². The highest BCUT2D eigenvalue weighted by molar-refractivity contribution is 5.93. The molecule has 3 rings (SSSR count). The Morgan fingerprint density at radius 3 is 2.48 bits per heavy atom. The molecule has 0 unspecified atom stereocenters. The summed E-state index contributed by atoms with van der Waals surface area (Å²) in [5, 5.41) is 3.49. The quantitative estimate of drug-likeness (QED) is 0.505. The molecule has 3 aromatic rings. The Labute approximate surface area is 167 Å². The number of fused-ring (bicyclic) bond motifs is 1. The lowest BCUT2D eigenvalue weighted by molar-refractivity contribution is -0.118. The summed E-state index contributed by atoms with van der Waals surface area (Å²) in [5.74, 6) is -0.374. The number of anilines is 1. The van der Waals surface area contributed by atoms with Crippen molar-refractivity contribution < 1.29 is 23.5 Å². The van der Waals surface area contributed by atoms with E-state index in [9.17, 15) is 14.4 Å². The maximum atomic E-state index is 12.1. The molecule has 0 atom stereocenters. The molecule has 0 bridgehead atoms. The summed E-state index contributed by atoms with van der Waals surface area (Å²) in [7, 11) is 0. The van der Waals surface area contributed by atoms with Gasteiger partial charge in [-0.05, 0) is 62.7 Å². The molecule has 0 radical (unpaired) electrons. The van der Waals surface area contributed by atoms with Gasteiger partial charge in [-0.1, -0.05) is 0 Å². The predicted octanol–water partition coefficient (Wildman–Crippen LogP) is 3.68. The Hall–Kier alpha value is -3.61. The second-order valence-electron chi connectivity index (χ2n) is 6.77. The number of nitrogens with one attached hydrogen (secondary N) is 1. The minimum absolute atomic E-state index is 0.203. The minimum Gasteiger partial charge on any atom is -0.484 e. The fourth-order valence-electron chi connectivity index (χ4n) is 2.71. The highest BCUT2D eigenvalue weighted by Crippen LogP contribution is 2.22. The number of benzene rings is 2. The predicted molar refractivity (Wildman–Crippen MR) is 108 cm³/mol. The molecule has 0 spiro atoms. The number of carbonyl (C=O) groups excluding carboxylic acids is 2. The molecule has 1 heterocycles. The van der Waals surface area contributed by atoms with Gasteiger partial charge in [-0.25, -0.2) is 9.59 Å². The van der Waals surface area contributed by atoms with Crippen LogP contribution in [0.5, 0.6) is 5.75 Å². The Morgan fingerprint density at radius 1 is 1.07 bits per heavy atom. The summed E-state index contributed by atoms with van der Waals surface area (Å²) in [5.41, 5.74) is 1.70. The molecular weight excluding hydrogens is 374 g/mol. The van der Waals surface area contributed by atoms with Crippen LogP contribution in [0.1, 0.15) is 29.8 Å². The maximum absolute atomic E-state index is 12.1. The van der Waals surface area contributed by atoms with Crippen molar-refractivity contribution in [1.29, 1.82) is 0 Å². The third-order valence-electron chi connectivity index (χ3n) is 4.04. The van der Waals surface area contributed by atoms with E-state index in [2.05, 4.69) is 5.32 Å². The zero-order valence-electron chi connectivity index (χ0n) is 16.4. The van der Waals surface area contributed by atoms with Crippen molar-refractivity contribution >= 4 is 28.5 Å². The molecule has 0 saturated carbocycles. The average Bonchev–Trinajstić information content (AvgIpc) is 2.66. The zero-order chi connectivity index (χ0) is 21.0. The van der Waals surface area contributed by atoms with Crippen molar-refractivity contribution in [3.05, 3.63) is 70.1 Å². The van der Waals surface area contributed by atoms with Gasteiger partial charge in [-0.3, -0.25) is 4.79 Å². The number of ether oxygens (including phenoxy) is 2. The van der Waals surface area contributed by atoms with Gasteiger partial charge < -0.3 is 19.2 Å². The number of hydrogen-bond acceptors (Lipinski definition) is 6. The van der Waals surface area contributed by atoms with E-state index in [4.69, 9.17) is 13.9 Å². The normalized spacial score (nSPS) is 10.8. The molecule has 0 aliphatic rings. The zero-order valence-corrected chi connectivity index (χ0v) is 16.4. The molecule has 0 aliphatic carbocycles. The Bertz CT molecular complexity index is 1100. The van der Waals surface area contributed by atoms with E-state index in [-0.39, 0.29) is 18.6 Å².